The molecule has 0 fully saturated rings. The van der Waals surface area contributed by atoms with Crippen molar-refractivity contribution in [3.05, 3.63) is 16.7 Å². The third-order valence-corrected chi connectivity index (χ3v) is 25.1. The van der Waals surface area contributed by atoms with Gasteiger partial charge >= 0.3 is 0 Å². The molecular weight excluding hydrogens is 851 g/mol. The Morgan fingerprint density at radius 2 is 0.385 bits per heavy atom. The van der Waals surface area contributed by atoms with Crippen LogP contribution in [0.2, 0.25) is 0 Å². The first-order chi connectivity index (χ1) is 32.2. The van der Waals surface area contributed by atoms with Crippen LogP contribution in [0.15, 0.2) is 0 Å². The largest absolute Gasteiger partial charge is 0.157 e. The lowest BCUT2D eigenvalue weighted by molar-refractivity contribution is 0.594. The normalized spacial score (nSPS) is 20.4. The monoisotopic (exact) mass is 851 g/mol. The SMILES string of the molecule is ClCC(Cl)(Cl)C12c3c4c5c6c1c1c7c8c6c6c5c5c9c4c4c3c3c%10c%11c4c4c9c9c5c5c6c6c8c8c7c7c%12c%13c8c8c6c5c5c9c6c4c%11c4c9c6c5c8c%13c9c5c4c%10c4c(c5%12)c7c1[c+]2c34. The van der Waals surface area contributed by atoms with E-state index in [9.17, 15) is 0 Å². The molecule has 0 spiro atoms. The van der Waals surface area contributed by atoms with Gasteiger partial charge in [0, 0.05) is 270 Å². The predicted molar refractivity (Wildman–Crippen MR) is 282 cm³/mol. The van der Waals surface area contributed by atoms with E-state index in [1.807, 2.05) is 0 Å². The van der Waals surface area contributed by atoms with Gasteiger partial charge in [0.15, 0.2) is 4.33 Å². The van der Waals surface area contributed by atoms with E-state index in [0.717, 1.165) is 0 Å². The minimum Gasteiger partial charge on any atom is -0.123 e. The summed E-state index contributed by atoms with van der Waals surface area (Å²) in [6.45, 7) is 0. The fourth-order valence-corrected chi connectivity index (χ4v) is 24.3. The Morgan fingerprint density at radius 1 is 0.231 bits per heavy atom. The number of benzene rings is 18. The maximum Gasteiger partial charge on any atom is 0.157 e. The second-order valence-corrected chi connectivity index (χ2v) is 25.5. The first-order valence-corrected chi connectivity index (χ1v) is 25.0. The summed E-state index contributed by atoms with van der Waals surface area (Å²) in [5.74, 6) is 0.150. The maximum absolute atomic E-state index is 8.48. The van der Waals surface area contributed by atoms with E-state index in [-0.39, 0.29) is 5.88 Å². The highest BCUT2D eigenvalue weighted by molar-refractivity contribution is 6.83. The molecule has 29 aromatic carbocycles. The highest BCUT2D eigenvalue weighted by Crippen LogP contribution is 2.83. The average Bonchev–Trinajstić information content (AvgIpc) is 4.15. The molecule has 0 N–H and O–H groups in total. The first kappa shape index (κ1) is 24.5. The quantitative estimate of drug-likeness (QED) is 0.0923. The second kappa shape index (κ2) is 5.38. The Hall–Kier alpha value is -6.80. The molecule has 3 heteroatoms. The molecule has 0 aliphatic heterocycles. The molecule has 0 nitrogen and oxygen atoms in total. The van der Waals surface area contributed by atoms with Gasteiger partial charge in [0.2, 0.25) is 0 Å². The zero-order valence-electron chi connectivity index (χ0n) is 32.3. The van der Waals surface area contributed by atoms with Crippen LogP contribution in [0.1, 0.15) is 16.7 Å². The van der Waals surface area contributed by atoms with Crippen molar-refractivity contribution in [2.24, 2.45) is 0 Å². The summed E-state index contributed by atoms with van der Waals surface area (Å²) in [6.07, 6.45) is 0. The summed E-state index contributed by atoms with van der Waals surface area (Å²) in [5, 5.41) is 87.9. The van der Waals surface area contributed by atoms with Crippen LogP contribution in [0.25, 0.3) is 302 Å². The smallest absolute Gasteiger partial charge is 0.123 e. The molecule has 32 rings (SSSR count). The molecule has 0 aromatic heterocycles. The molecule has 0 unspecified atom stereocenters. The topological polar surface area (TPSA) is 0 Å². The predicted octanol–water partition coefficient (Wildman–Crippen LogP) is 18.8. The van der Waals surface area contributed by atoms with Gasteiger partial charge < -0.3 is 0 Å². The fourth-order valence-electron chi connectivity index (χ4n) is 23.5. The number of hydrogen-bond donors (Lipinski definition) is 0. The Balaban J connectivity index is 1.30. The molecule has 65 heavy (non-hydrogen) atoms. The molecule has 29 aromatic rings. The molecular formula is C62H2Cl3+. The van der Waals surface area contributed by atoms with Gasteiger partial charge in [0.05, 0.1) is 49.1 Å². The summed E-state index contributed by atoms with van der Waals surface area (Å²) < 4.78 is -1.31. The average molecular weight is 853 g/mol. The van der Waals surface area contributed by atoms with Gasteiger partial charge in [-0.2, -0.15) is 0 Å². The van der Waals surface area contributed by atoms with E-state index in [2.05, 4.69) is 0 Å². The van der Waals surface area contributed by atoms with Gasteiger partial charge in [0.1, 0.15) is 5.41 Å². The van der Waals surface area contributed by atoms with Crippen molar-refractivity contribution in [2.75, 3.05) is 5.88 Å². The Bertz CT molecular complexity index is 6560. The minimum atomic E-state index is -1.31. The summed E-state index contributed by atoms with van der Waals surface area (Å²) in [5.41, 5.74) is 3.44. The first-order valence-electron chi connectivity index (χ1n) is 23.7. The molecule has 3 aliphatic rings. The molecule has 270 valence electrons. The molecule has 0 bridgehead atoms. The number of rotatable bonds is 2. The molecule has 0 saturated carbocycles. The van der Waals surface area contributed by atoms with Crippen LogP contribution < -0.4 is 0 Å². The van der Waals surface area contributed by atoms with E-state index < -0.39 is 9.75 Å². The van der Waals surface area contributed by atoms with E-state index in [1.54, 1.807) is 226 Å². The molecule has 0 amide bonds. The zero-order chi connectivity index (χ0) is 38.8. The van der Waals surface area contributed by atoms with Crippen molar-refractivity contribution >= 4 is 336 Å². The van der Waals surface area contributed by atoms with Crippen LogP contribution >= 0.6 is 34.8 Å². The summed E-state index contributed by atoms with van der Waals surface area (Å²) in [4.78, 5) is 0. The molecule has 0 saturated heterocycles. The van der Waals surface area contributed by atoms with Crippen molar-refractivity contribution in [3.8, 4) is 0 Å². The fraction of sp³-hybridized carbons (Fsp3) is 0.0484. The van der Waals surface area contributed by atoms with Gasteiger partial charge in [-0.1, -0.05) is 23.2 Å². The van der Waals surface area contributed by atoms with Crippen LogP contribution in [0.5, 0.6) is 0 Å². The van der Waals surface area contributed by atoms with E-state index in [1.165, 1.54) is 92.1 Å². The van der Waals surface area contributed by atoms with Gasteiger partial charge in [-0.15, -0.1) is 11.6 Å². The second-order valence-electron chi connectivity index (χ2n) is 23.7. The molecule has 3 aliphatic carbocycles. The maximum atomic E-state index is 8.48. The van der Waals surface area contributed by atoms with Crippen LogP contribution in [0, 0.1) is 0 Å². The van der Waals surface area contributed by atoms with E-state index in [0.29, 0.717) is 0 Å². The molecule has 0 heterocycles. The van der Waals surface area contributed by atoms with Crippen molar-refractivity contribution in [3.63, 3.8) is 0 Å². The Kier molecular flexibility index (Phi) is 2.03. The number of alkyl halides is 3. The lowest BCUT2D eigenvalue weighted by Gasteiger charge is -2.43. The van der Waals surface area contributed by atoms with Gasteiger partial charge in [-0.3, -0.25) is 0 Å². The minimum absolute atomic E-state index is 0.150. The molecule has 0 radical (unpaired) electrons. The zero-order valence-corrected chi connectivity index (χ0v) is 34.6. The standard InChI is InChI=1S/C62H2Cl3/c63-1-61(64,65)62-58-54-48-34-26-18-6-3-2-4-7(6)19-21-17-11(4)13-9-5(2)8-12-10(3)16-20(18)32(34)40-38-24(16)22(12)30-28-14(8)15(9)29-31-23(13)25(17)39-41-33(21)35(27(19)26)49(48)55(58)51(41)53-45(39)43(31)47-37(29)36(28)46-42(30)44(38)52(50(40)54)59(62)56(46)57(47)60(53)62/h1H2/q+1. The molecule has 0 atom stereocenters. The summed E-state index contributed by atoms with van der Waals surface area (Å²) >= 11 is 24.5. The van der Waals surface area contributed by atoms with Crippen molar-refractivity contribution in [1.82, 2.24) is 0 Å². The van der Waals surface area contributed by atoms with Gasteiger partial charge in [0.25, 0.3) is 0 Å². The Labute approximate surface area is 366 Å². The van der Waals surface area contributed by atoms with Crippen LogP contribution in [-0.2, 0) is 5.41 Å². The number of hydrogen-bond acceptors (Lipinski definition) is 0. The summed E-state index contributed by atoms with van der Waals surface area (Å²) in [7, 11) is 0. The lowest BCUT2D eigenvalue weighted by Crippen LogP contribution is -2.47. The van der Waals surface area contributed by atoms with E-state index in [4.69, 9.17) is 34.8 Å². The Morgan fingerprint density at radius 3 is 0.662 bits per heavy atom. The summed E-state index contributed by atoms with van der Waals surface area (Å²) in [6, 6.07) is 0. The lowest BCUT2D eigenvalue weighted by atomic mass is 9.62. The van der Waals surface area contributed by atoms with Crippen LogP contribution in [0.3, 0.4) is 0 Å². The van der Waals surface area contributed by atoms with Crippen molar-refractivity contribution in [2.45, 2.75) is 9.75 Å². The van der Waals surface area contributed by atoms with Gasteiger partial charge in [-0.25, -0.2) is 0 Å². The highest BCUT2D eigenvalue weighted by Gasteiger charge is 2.68. The third kappa shape index (κ3) is 1.26. The van der Waals surface area contributed by atoms with Crippen LogP contribution in [0.4, 0.5) is 0 Å². The van der Waals surface area contributed by atoms with Crippen LogP contribution in [-0.4, -0.2) is 10.2 Å². The van der Waals surface area contributed by atoms with Crippen molar-refractivity contribution < 1.29 is 0 Å². The van der Waals surface area contributed by atoms with E-state index >= 15 is 0 Å². The third-order valence-electron chi connectivity index (χ3n) is 23.6. The highest BCUT2D eigenvalue weighted by atomic mass is 35.5. The van der Waals surface area contributed by atoms with Crippen molar-refractivity contribution in [1.29, 1.82) is 0 Å². The van der Waals surface area contributed by atoms with Gasteiger partial charge in [-0.05, 0) is 5.39 Å². The number of halogens is 3.